The van der Waals surface area contributed by atoms with Crippen LogP contribution in [0.1, 0.15) is 23.9 Å². The number of para-hydroxylation sites is 2. The van der Waals surface area contributed by atoms with Gasteiger partial charge in [-0.3, -0.25) is 0 Å². The fraction of sp³-hybridized carbons (Fsp3) is 0.296. The van der Waals surface area contributed by atoms with E-state index in [1.807, 2.05) is 66.7 Å². The summed E-state index contributed by atoms with van der Waals surface area (Å²) >= 11 is 0. The van der Waals surface area contributed by atoms with Crippen LogP contribution in [0, 0.1) is 0 Å². The quantitative estimate of drug-likeness (QED) is 0.384. The minimum Gasteiger partial charge on any atom is -0.493 e. The molecule has 1 aromatic heterocycles. The maximum absolute atomic E-state index is 10.8. The lowest BCUT2D eigenvalue weighted by molar-refractivity contribution is 0.0928. The molecule has 1 heterocycles. The van der Waals surface area contributed by atoms with Crippen molar-refractivity contribution in [1.29, 1.82) is 0 Å². The molecule has 6 nitrogen and oxygen atoms in total. The van der Waals surface area contributed by atoms with Gasteiger partial charge >= 0.3 is 0 Å². The fourth-order valence-electron chi connectivity index (χ4n) is 3.91. The van der Waals surface area contributed by atoms with E-state index in [0.29, 0.717) is 24.5 Å². The summed E-state index contributed by atoms with van der Waals surface area (Å²) in [5, 5.41) is 10.8. The lowest BCUT2D eigenvalue weighted by Gasteiger charge is -2.16. The number of methoxy groups -OCH3 is 2. The summed E-state index contributed by atoms with van der Waals surface area (Å²) in [7, 11) is 3.25. The van der Waals surface area contributed by atoms with E-state index in [0.717, 1.165) is 34.6 Å². The minimum atomic E-state index is -0.683. The van der Waals surface area contributed by atoms with Gasteiger partial charge in [0, 0.05) is 6.42 Å². The van der Waals surface area contributed by atoms with Gasteiger partial charge in [0.1, 0.15) is 24.3 Å². The summed E-state index contributed by atoms with van der Waals surface area (Å²) in [6.45, 7) is 2.71. The second-order valence-electron chi connectivity index (χ2n) is 7.96. The Labute approximate surface area is 194 Å². The van der Waals surface area contributed by atoms with E-state index < -0.39 is 6.10 Å². The SMILES string of the molecule is CCc1ccc(OCC(O)Cn2c(Cc3ccc(OC)c(OC)c3)nc3ccccc32)cc1. The van der Waals surface area contributed by atoms with Gasteiger partial charge in [-0.1, -0.05) is 37.3 Å². The first-order chi connectivity index (χ1) is 16.1. The van der Waals surface area contributed by atoms with Gasteiger partial charge in [0.2, 0.25) is 0 Å². The van der Waals surface area contributed by atoms with Crippen molar-refractivity contribution in [3.8, 4) is 17.2 Å². The van der Waals surface area contributed by atoms with Crippen LogP contribution in [-0.2, 0) is 19.4 Å². The Kier molecular flexibility index (Phi) is 7.15. The molecule has 33 heavy (non-hydrogen) atoms. The van der Waals surface area contributed by atoms with E-state index in [9.17, 15) is 5.11 Å². The molecular weight excluding hydrogens is 416 g/mol. The third-order valence-corrected chi connectivity index (χ3v) is 5.71. The molecule has 0 aliphatic heterocycles. The standard InChI is InChI=1S/C27H30N2O4/c1-4-19-9-12-22(13-10-19)33-18-21(30)17-29-24-8-6-5-7-23(24)28-27(29)16-20-11-14-25(31-2)26(15-20)32-3/h5-15,21,30H,4,16-18H2,1-3H3. The number of imidazole rings is 1. The molecular formula is C27H30N2O4. The molecule has 0 radical (unpaired) electrons. The van der Waals surface area contributed by atoms with Gasteiger partial charge in [0.15, 0.2) is 11.5 Å². The molecule has 3 aromatic carbocycles. The molecule has 0 bridgehead atoms. The van der Waals surface area contributed by atoms with Crippen LogP contribution in [0.5, 0.6) is 17.2 Å². The van der Waals surface area contributed by atoms with Crippen molar-refractivity contribution in [3.05, 3.63) is 83.7 Å². The van der Waals surface area contributed by atoms with Gasteiger partial charge in [-0.05, 0) is 53.9 Å². The van der Waals surface area contributed by atoms with Crippen molar-refractivity contribution >= 4 is 11.0 Å². The first-order valence-corrected chi connectivity index (χ1v) is 11.2. The van der Waals surface area contributed by atoms with Crippen molar-refractivity contribution < 1.29 is 19.3 Å². The van der Waals surface area contributed by atoms with E-state index in [1.54, 1.807) is 14.2 Å². The summed E-state index contributed by atoms with van der Waals surface area (Å²) in [6, 6.07) is 21.8. The van der Waals surface area contributed by atoms with Crippen LogP contribution in [0.15, 0.2) is 66.7 Å². The average molecular weight is 447 g/mol. The van der Waals surface area contributed by atoms with Crippen LogP contribution < -0.4 is 14.2 Å². The Bertz CT molecular complexity index is 1200. The summed E-state index contributed by atoms with van der Waals surface area (Å²) in [4.78, 5) is 4.84. The van der Waals surface area contributed by atoms with E-state index in [4.69, 9.17) is 19.2 Å². The Morgan fingerprint density at radius 3 is 2.36 bits per heavy atom. The number of benzene rings is 3. The monoisotopic (exact) mass is 446 g/mol. The average Bonchev–Trinajstić information content (AvgIpc) is 3.19. The lowest BCUT2D eigenvalue weighted by Crippen LogP contribution is -2.24. The van der Waals surface area contributed by atoms with Crippen LogP contribution in [0.25, 0.3) is 11.0 Å². The number of aliphatic hydroxyl groups excluding tert-OH is 1. The molecule has 0 aliphatic rings. The van der Waals surface area contributed by atoms with E-state index >= 15 is 0 Å². The molecule has 1 atom stereocenters. The van der Waals surface area contributed by atoms with Gasteiger partial charge in [0.05, 0.1) is 31.8 Å². The number of aromatic nitrogens is 2. The first-order valence-electron chi connectivity index (χ1n) is 11.2. The third-order valence-electron chi connectivity index (χ3n) is 5.71. The Hall–Kier alpha value is -3.51. The van der Waals surface area contributed by atoms with Gasteiger partial charge in [-0.2, -0.15) is 0 Å². The smallest absolute Gasteiger partial charge is 0.161 e. The number of hydrogen-bond donors (Lipinski definition) is 1. The van der Waals surface area contributed by atoms with Crippen molar-refractivity contribution in [2.75, 3.05) is 20.8 Å². The Morgan fingerprint density at radius 2 is 1.64 bits per heavy atom. The van der Waals surface area contributed by atoms with Crippen molar-refractivity contribution in [3.63, 3.8) is 0 Å². The summed E-state index contributed by atoms with van der Waals surface area (Å²) in [5.74, 6) is 3.00. The fourth-order valence-corrected chi connectivity index (χ4v) is 3.91. The van der Waals surface area contributed by atoms with Gasteiger partial charge in [0.25, 0.3) is 0 Å². The highest BCUT2D eigenvalue weighted by Gasteiger charge is 2.16. The summed E-state index contributed by atoms with van der Waals surface area (Å²) in [6.07, 6.45) is 0.901. The molecule has 0 saturated heterocycles. The normalized spacial score (nSPS) is 12.0. The maximum atomic E-state index is 10.8. The first kappa shape index (κ1) is 22.7. The van der Waals surface area contributed by atoms with Crippen LogP contribution in [0.3, 0.4) is 0 Å². The topological polar surface area (TPSA) is 65.7 Å². The molecule has 0 aliphatic carbocycles. The number of aryl methyl sites for hydroxylation is 1. The number of aliphatic hydroxyl groups is 1. The van der Waals surface area contributed by atoms with Crippen LogP contribution in [-0.4, -0.2) is 41.6 Å². The third kappa shape index (κ3) is 5.29. The molecule has 0 spiro atoms. The second kappa shape index (κ2) is 10.4. The molecule has 0 fully saturated rings. The molecule has 1 unspecified atom stereocenters. The predicted molar refractivity (Wildman–Crippen MR) is 129 cm³/mol. The highest BCUT2D eigenvalue weighted by Crippen LogP contribution is 2.29. The largest absolute Gasteiger partial charge is 0.493 e. The van der Waals surface area contributed by atoms with Gasteiger partial charge in [-0.25, -0.2) is 4.98 Å². The minimum absolute atomic E-state index is 0.202. The maximum Gasteiger partial charge on any atom is 0.161 e. The summed E-state index contributed by atoms with van der Waals surface area (Å²) in [5.41, 5.74) is 4.19. The zero-order valence-electron chi connectivity index (χ0n) is 19.3. The number of hydrogen-bond acceptors (Lipinski definition) is 5. The number of fused-ring (bicyclic) bond motifs is 1. The van der Waals surface area contributed by atoms with E-state index in [-0.39, 0.29) is 6.61 Å². The van der Waals surface area contributed by atoms with Crippen LogP contribution >= 0.6 is 0 Å². The Balaban J connectivity index is 1.53. The number of ether oxygens (including phenoxy) is 3. The zero-order chi connectivity index (χ0) is 23.2. The number of nitrogens with zero attached hydrogens (tertiary/aromatic N) is 2. The van der Waals surface area contributed by atoms with E-state index in [2.05, 4.69) is 11.5 Å². The van der Waals surface area contributed by atoms with Crippen LogP contribution in [0.2, 0.25) is 0 Å². The van der Waals surface area contributed by atoms with Crippen LogP contribution in [0.4, 0.5) is 0 Å². The predicted octanol–water partition coefficient (Wildman–Crippen LogP) is 4.65. The highest BCUT2D eigenvalue weighted by atomic mass is 16.5. The number of rotatable bonds is 10. The molecule has 4 aromatic rings. The van der Waals surface area contributed by atoms with Gasteiger partial charge < -0.3 is 23.9 Å². The van der Waals surface area contributed by atoms with Crippen molar-refractivity contribution in [1.82, 2.24) is 9.55 Å². The lowest BCUT2D eigenvalue weighted by atomic mass is 10.1. The zero-order valence-corrected chi connectivity index (χ0v) is 19.3. The Morgan fingerprint density at radius 1 is 0.909 bits per heavy atom. The molecule has 4 rings (SSSR count). The van der Waals surface area contributed by atoms with Gasteiger partial charge in [-0.15, -0.1) is 0 Å². The molecule has 0 amide bonds. The van der Waals surface area contributed by atoms with E-state index in [1.165, 1.54) is 5.56 Å². The molecule has 1 N–H and O–H groups in total. The highest BCUT2D eigenvalue weighted by molar-refractivity contribution is 5.76. The molecule has 172 valence electrons. The van der Waals surface area contributed by atoms with Crippen molar-refractivity contribution in [2.24, 2.45) is 0 Å². The second-order valence-corrected chi connectivity index (χ2v) is 7.96. The summed E-state index contributed by atoms with van der Waals surface area (Å²) < 4.78 is 18.7. The molecule has 0 saturated carbocycles. The van der Waals surface area contributed by atoms with Crippen molar-refractivity contribution in [2.45, 2.75) is 32.4 Å². The molecule has 6 heteroatoms.